The zero-order valence-electron chi connectivity index (χ0n) is 10.7. The second kappa shape index (κ2) is 5.26. The van der Waals surface area contributed by atoms with Crippen molar-refractivity contribution in [1.82, 2.24) is 20.3 Å². The van der Waals surface area contributed by atoms with Crippen LogP contribution >= 0.6 is 15.9 Å². The van der Waals surface area contributed by atoms with E-state index in [0.29, 0.717) is 30.3 Å². The highest BCUT2D eigenvalue weighted by atomic mass is 79.9. The van der Waals surface area contributed by atoms with Gasteiger partial charge in [-0.25, -0.2) is 14.8 Å². The lowest BCUT2D eigenvalue weighted by Crippen LogP contribution is -2.12. The van der Waals surface area contributed by atoms with E-state index in [-0.39, 0.29) is 0 Å². The Morgan fingerprint density at radius 2 is 2.20 bits per heavy atom. The van der Waals surface area contributed by atoms with Crippen molar-refractivity contribution in [2.24, 2.45) is 0 Å². The Morgan fingerprint density at radius 1 is 1.35 bits per heavy atom. The third-order valence-corrected chi connectivity index (χ3v) is 3.49. The minimum atomic E-state index is -0.453. The molecule has 0 saturated heterocycles. The zero-order chi connectivity index (χ0) is 14.1. The van der Waals surface area contributed by atoms with Gasteiger partial charge >= 0.3 is 5.97 Å². The highest BCUT2D eigenvalue weighted by Crippen LogP contribution is 2.22. The molecular weight excluding hydrogens is 324 g/mol. The van der Waals surface area contributed by atoms with Crippen molar-refractivity contribution < 1.29 is 9.53 Å². The molecule has 0 saturated carbocycles. The number of aromatic nitrogens is 3. The van der Waals surface area contributed by atoms with Gasteiger partial charge in [-0.1, -0.05) is 0 Å². The Bertz CT molecular complexity index is 673. The van der Waals surface area contributed by atoms with Gasteiger partial charge in [0.25, 0.3) is 0 Å². The van der Waals surface area contributed by atoms with Crippen molar-refractivity contribution in [3.05, 3.63) is 39.8 Å². The van der Waals surface area contributed by atoms with E-state index in [2.05, 4.69) is 36.2 Å². The minimum absolute atomic E-state index is 0.308. The summed E-state index contributed by atoms with van der Waals surface area (Å²) in [6.07, 6.45) is 1.67. The largest absolute Gasteiger partial charge is 0.464 e. The summed E-state index contributed by atoms with van der Waals surface area (Å²) in [7, 11) is 1.34. The molecule has 0 amide bonds. The molecule has 6 nitrogen and oxygen atoms in total. The highest BCUT2D eigenvalue weighted by Gasteiger charge is 2.24. The first-order valence-corrected chi connectivity index (χ1v) is 6.79. The summed E-state index contributed by atoms with van der Waals surface area (Å²) >= 11 is 3.33. The lowest BCUT2D eigenvalue weighted by molar-refractivity contribution is 0.0592. The quantitative estimate of drug-likeness (QED) is 0.842. The summed E-state index contributed by atoms with van der Waals surface area (Å²) in [5.74, 6) is -0.0222. The van der Waals surface area contributed by atoms with Crippen molar-refractivity contribution >= 4 is 21.9 Å². The topological polar surface area (TPSA) is 77.0 Å². The number of carbonyl (C=O) groups excluding carboxylic acids is 1. The molecule has 0 fully saturated rings. The highest BCUT2D eigenvalue weighted by molar-refractivity contribution is 9.10. The van der Waals surface area contributed by atoms with E-state index < -0.39 is 5.97 Å². The summed E-state index contributed by atoms with van der Waals surface area (Å²) in [4.78, 5) is 24.9. The Hall–Kier alpha value is -1.86. The molecule has 2 aromatic rings. The number of hydrogen-bond donors (Lipinski definition) is 1. The van der Waals surface area contributed by atoms with Crippen LogP contribution < -0.4 is 5.32 Å². The van der Waals surface area contributed by atoms with E-state index in [1.54, 1.807) is 12.3 Å². The van der Waals surface area contributed by atoms with Gasteiger partial charge in [0.2, 0.25) is 0 Å². The molecule has 3 heterocycles. The first-order valence-electron chi connectivity index (χ1n) is 6.00. The molecule has 20 heavy (non-hydrogen) atoms. The fraction of sp³-hybridized carbons (Fsp3) is 0.231. The van der Waals surface area contributed by atoms with Gasteiger partial charge in [0.05, 0.1) is 12.8 Å². The summed E-state index contributed by atoms with van der Waals surface area (Å²) in [6.45, 7) is 1.19. The van der Waals surface area contributed by atoms with Gasteiger partial charge in [-0.3, -0.25) is 4.98 Å². The molecule has 1 aliphatic heterocycles. The van der Waals surface area contributed by atoms with E-state index >= 15 is 0 Å². The number of hydrogen-bond acceptors (Lipinski definition) is 6. The van der Waals surface area contributed by atoms with Gasteiger partial charge in [0.15, 0.2) is 11.5 Å². The minimum Gasteiger partial charge on any atom is -0.464 e. The molecule has 0 bridgehead atoms. The second-order valence-electron chi connectivity index (χ2n) is 4.28. The van der Waals surface area contributed by atoms with Crippen LogP contribution in [0.15, 0.2) is 22.8 Å². The molecule has 0 unspecified atom stereocenters. The number of pyridine rings is 1. The molecule has 2 aromatic heterocycles. The average molecular weight is 335 g/mol. The summed E-state index contributed by atoms with van der Waals surface area (Å²) in [5.41, 5.74) is 2.55. The van der Waals surface area contributed by atoms with Crippen LogP contribution in [0.3, 0.4) is 0 Å². The first kappa shape index (κ1) is 13.1. The van der Waals surface area contributed by atoms with Crippen molar-refractivity contribution in [1.29, 1.82) is 0 Å². The number of rotatable bonds is 2. The summed E-state index contributed by atoms with van der Waals surface area (Å²) in [5, 5.41) is 3.16. The standard InChI is InChI=1S/C13H11BrN4O2/c1-20-13(19)11-8-5-15-6-10(8)17-12(18-11)9-3-2-7(14)4-16-9/h2-4,15H,5-6H2,1H3. The predicted octanol–water partition coefficient (Wildman–Crippen LogP) is 1.69. The van der Waals surface area contributed by atoms with Crippen LogP contribution in [-0.2, 0) is 17.8 Å². The van der Waals surface area contributed by atoms with Crippen LogP contribution in [0.1, 0.15) is 21.7 Å². The molecule has 0 aromatic carbocycles. The maximum atomic E-state index is 11.8. The van der Waals surface area contributed by atoms with E-state index in [4.69, 9.17) is 4.74 Å². The van der Waals surface area contributed by atoms with Crippen molar-refractivity contribution in [3.8, 4) is 11.5 Å². The van der Waals surface area contributed by atoms with Crippen LogP contribution in [-0.4, -0.2) is 28.0 Å². The first-order chi connectivity index (χ1) is 9.69. The van der Waals surface area contributed by atoms with Crippen LogP contribution in [0.5, 0.6) is 0 Å². The molecule has 0 radical (unpaired) electrons. The summed E-state index contributed by atoms with van der Waals surface area (Å²) in [6, 6.07) is 3.66. The monoisotopic (exact) mass is 334 g/mol. The van der Waals surface area contributed by atoms with Gasteiger partial charge in [-0.2, -0.15) is 0 Å². The zero-order valence-corrected chi connectivity index (χ0v) is 12.3. The van der Waals surface area contributed by atoms with Gasteiger partial charge in [0, 0.05) is 29.3 Å². The number of fused-ring (bicyclic) bond motifs is 1. The maximum Gasteiger partial charge on any atom is 0.357 e. The van der Waals surface area contributed by atoms with Crippen LogP contribution in [0, 0.1) is 0 Å². The maximum absolute atomic E-state index is 11.8. The third kappa shape index (κ3) is 2.30. The van der Waals surface area contributed by atoms with E-state index in [1.165, 1.54) is 7.11 Å². The lowest BCUT2D eigenvalue weighted by atomic mass is 10.2. The molecule has 3 rings (SSSR count). The van der Waals surface area contributed by atoms with E-state index in [9.17, 15) is 4.79 Å². The molecule has 1 aliphatic rings. The smallest absolute Gasteiger partial charge is 0.357 e. The Labute approximate surface area is 123 Å². The lowest BCUT2D eigenvalue weighted by Gasteiger charge is -2.07. The fourth-order valence-electron chi connectivity index (χ4n) is 2.06. The van der Waals surface area contributed by atoms with Gasteiger partial charge in [-0.05, 0) is 28.1 Å². The molecule has 0 spiro atoms. The third-order valence-electron chi connectivity index (χ3n) is 3.02. The van der Waals surface area contributed by atoms with Crippen LogP contribution in [0.2, 0.25) is 0 Å². The predicted molar refractivity (Wildman–Crippen MR) is 74.8 cm³/mol. The average Bonchev–Trinajstić information content (AvgIpc) is 2.94. The fourth-order valence-corrected chi connectivity index (χ4v) is 2.29. The number of halogens is 1. The molecule has 0 atom stereocenters. The van der Waals surface area contributed by atoms with Gasteiger partial charge < -0.3 is 10.1 Å². The van der Waals surface area contributed by atoms with E-state index in [1.807, 2.05) is 6.07 Å². The number of carbonyl (C=O) groups is 1. The van der Waals surface area contributed by atoms with Crippen molar-refractivity contribution in [3.63, 3.8) is 0 Å². The molecule has 7 heteroatoms. The van der Waals surface area contributed by atoms with Crippen LogP contribution in [0.4, 0.5) is 0 Å². The normalized spacial score (nSPS) is 13.1. The molecule has 0 aliphatic carbocycles. The Balaban J connectivity index is 2.13. The number of methoxy groups -OCH3 is 1. The van der Waals surface area contributed by atoms with Gasteiger partial charge in [-0.15, -0.1) is 0 Å². The van der Waals surface area contributed by atoms with Crippen LogP contribution in [0.25, 0.3) is 11.5 Å². The number of nitrogens with zero attached hydrogens (tertiary/aromatic N) is 3. The number of nitrogens with one attached hydrogen (secondary N) is 1. The van der Waals surface area contributed by atoms with E-state index in [0.717, 1.165) is 15.7 Å². The Morgan fingerprint density at radius 3 is 2.90 bits per heavy atom. The number of ether oxygens (including phenoxy) is 1. The second-order valence-corrected chi connectivity index (χ2v) is 5.19. The van der Waals surface area contributed by atoms with Crippen molar-refractivity contribution in [2.75, 3.05) is 7.11 Å². The molecule has 102 valence electrons. The van der Waals surface area contributed by atoms with Crippen molar-refractivity contribution in [2.45, 2.75) is 13.1 Å². The molecular formula is C13H11BrN4O2. The number of esters is 1. The Kier molecular flexibility index (Phi) is 3.45. The SMILES string of the molecule is COC(=O)c1nc(-c2ccc(Br)cn2)nc2c1CNC2. The van der Waals surface area contributed by atoms with Gasteiger partial charge in [0.1, 0.15) is 5.69 Å². The summed E-state index contributed by atoms with van der Waals surface area (Å²) < 4.78 is 5.66. The molecule has 1 N–H and O–H groups in total.